The molecule has 43 heavy (non-hydrogen) atoms. The minimum Gasteiger partial charge on any atom is -0.355 e. The van der Waals surface area contributed by atoms with Crippen LogP contribution < -0.4 is 10.6 Å². The van der Waals surface area contributed by atoms with Gasteiger partial charge in [0, 0.05) is 49.2 Å². The number of rotatable bonds is 11. The highest BCUT2D eigenvalue weighted by molar-refractivity contribution is 5.94. The second kappa shape index (κ2) is 13.6. The molecule has 226 valence electrons. The van der Waals surface area contributed by atoms with Crippen LogP contribution in [-0.2, 0) is 23.1 Å². The number of aromatic amines is 2. The number of benzene rings is 2. The summed E-state index contributed by atoms with van der Waals surface area (Å²) in [5.74, 6) is 1.98. The van der Waals surface area contributed by atoms with Crippen LogP contribution in [0.25, 0.3) is 22.2 Å². The average molecular weight is 582 g/mol. The number of hydrogen-bond acceptors (Lipinski definition) is 5. The van der Waals surface area contributed by atoms with Crippen LogP contribution in [0.2, 0.25) is 0 Å². The van der Waals surface area contributed by atoms with E-state index in [1.807, 2.05) is 45.7 Å². The number of fused-ring (bicyclic) bond motifs is 1. The number of amides is 1. The Labute approximate surface area is 254 Å². The van der Waals surface area contributed by atoms with E-state index in [4.69, 9.17) is 0 Å². The molecule has 2 aromatic heterocycles. The van der Waals surface area contributed by atoms with Crippen LogP contribution in [0, 0.1) is 32.2 Å². The van der Waals surface area contributed by atoms with E-state index in [9.17, 15) is 10.1 Å². The van der Waals surface area contributed by atoms with Gasteiger partial charge in [-0.05, 0) is 95.8 Å². The van der Waals surface area contributed by atoms with Crippen LogP contribution in [-0.4, -0.2) is 63.1 Å². The topological polar surface area (TPSA) is 138 Å². The van der Waals surface area contributed by atoms with Gasteiger partial charge in [-0.25, -0.2) is 4.98 Å². The molecule has 4 rings (SSSR count). The molecule has 0 unspecified atom stereocenters. The minimum atomic E-state index is -0.675. The molecule has 0 atom stereocenters. The average Bonchev–Trinajstić information content (AvgIpc) is 3.55. The van der Waals surface area contributed by atoms with Crippen LogP contribution in [0.15, 0.2) is 41.4 Å². The Morgan fingerprint density at radius 1 is 1.07 bits per heavy atom. The molecule has 0 saturated carbocycles. The molecule has 4 aromatic rings. The SMILES string of the molecule is CCN(CC)C(=O)C(C)(C)c1ccc2[nH]c(-c3cc(C)cc(C)c3)c(CCNC(=NCCc3n[nH]c(C)n3)NC#N)c2c1. The van der Waals surface area contributed by atoms with E-state index in [1.54, 1.807) is 0 Å². The molecular weight excluding hydrogens is 538 g/mol. The third-order valence-electron chi connectivity index (χ3n) is 7.81. The highest BCUT2D eigenvalue weighted by Gasteiger charge is 2.33. The third-order valence-corrected chi connectivity index (χ3v) is 7.81. The van der Waals surface area contributed by atoms with Gasteiger partial charge in [0.2, 0.25) is 11.9 Å². The van der Waals surface area contributed by atoms with E-state index < -0.39 is 5.41 Å². The second-order valence-corrected chi connectivity index (χ2v) is 11.4. The molecule has 10 heteroatoms. The van der Waals surface area contributed by atoms with Gasteiger partial charge in [0.15, 0.2) is 12.0 Å². The summed E-state index contributed by atoms with van der Waals surface area (Å²) in [5.41, 5.74) is 7.03. The van der Waals surface area contributed by atoms with Gasteiger partial charge in [-0.2, -0.15) is 10.4 Å². The van der Waals surface area contributed by atoms with Crippen molar-refractivity contribution in [3.63, 3.8) is 0 Å². The summed E-state index contributed by atoms with van der Waals surface area (Å²) >= 11 is 0. The lowest BCUT2D eigenvalue weighted by Crippen LogP contribution is -2.43. The number of carbonyl (C=O) groups is 1. The molecule has 0 aliphatic heterocycles. The Balaban J connectivity index is 1.66. The fourth-order valence-electron chi connectivity index (χ4n) is 5.56. The van der Waals surface area contributed by atoms with Crippen molar-refractivity contribution in [3.05, 3.63) is 70.3 Å². The fraction of sp³-hybridized carbons (Fsp3) is 0.424. The van der Waals surface area contributed by atoms with E-state index in [0.717, 1.165) is 39.1 Å². The van der Waals surface area contributed by atoms with Crippen molar-refractivity contribution in [2.24, 2.45) is 4.99 Å². The number of nitriles is 1. The van der Waals surface area contributed by atoms with E-state index in [0.29, 0.717) is 50.8 Å². The van der Waals surface area contributed by atoms with Crippen molar-refractivity contribution in [3.8, 4) is 17.5 Å². The molecule has 0 aliphatic rings. The number of hydrogen-bond donors (Lipinski definition) is 4. The van der Waals surface area contributed by atoms with Crippen LogP contribution in [0.3, 0.4) is 0 Å². The molecule has 2 aromatic carbocycles. The Morgan fingerprint density at radius 3 is 2.42 bits per heavy atom. The number of H-pyrrole nitrogens is 2. The Morgan fingerprint density at radius 2 is 1.79 bits per heavy atom. The van der Waals surface area contributed by atoms with Gasteiger partial charge in [0.1, 0.15) is 5.82 Å². The fourth-order valence-corrected chi connectivity index (χ4v) is 5.56. The zero-order valence-corrected chi connectivity index (χ0v) is 26.4. The zero-order chi connectivity index (χ0) is 31.1. The van der Waals surface area contributed by atoms with Crippen molar-refractivity contribution in [1.82, 2.24) is 35.7 Å². The molecule has 0 aliphatic carbocycles. The first kappa shape index (κ1) is 31.3. The zero-order valence-electron chi connectivity index (χ0n) is 26.4. The number of guanidine groups is 1. The van der Waals surface area contributed by atoms with Crippen molar-refractivity contribution in [1.29, 1.82) is 5.26 Å². The first-order valence-electron chi connectivity index (χ1n) is 14.9. The normalized spacial score (nSPS) is 11.9. The predicted octanol–water partition coefficient (Wildman–Crippen LogP) is 4.83. The van der Waals surface area contributed by atoms with Crippen LogP contribution in [0.1, 0.15) is 61.6 Å². The van der Waals surface area contributed by atoms with E-state index in [-0.39, 0.29) is 5.91 Å². The number of carbonyl (C=O) groups excluding carboxylic acids is 1. The first-order valence-corrected chi connectivity index (χ1v) is 14.9. The molecular formula is C33H43N9O. The lowest BCUT2D eigenvalue weighted by Gasteiger charge is -2.31. The van der Waals surface area contributed by atoms with Crippen LogP contribution >= 0.6 is 0 Å². The van der Waals surface area contributed by atoms with Crippen molar-refractivity contribution in [2.75, 3.05) is 26.2 Å². The van der Waals surface area contributed by atoms with Crippen molar-refractivity contribution < 1.29 is 4.79 Å². The monoisotopic (exact) mass is 581 g/mol. The van der Waals surface area contributed by atoms with Gasteiger partial charge < -0.3 is 15.2 Å². The van der Waals surface area contributed by atoms with Crippen LogP contribution in [0.4, 0.5) is 0 Å². The highest BCUT2D eigenvalue weighted by Crippen LogP contribution is 2.35. The van der Waals surface area contributed by atoms with Gasteiger partial charge >= 0.3 is 0 Å². The number of nitrogens with zero attached hydrogens (tertiary/aromatic N) is 5. The molecule has 0 spiro atoms. The van der Waals surface area contributed by atoms with Gasteiger partial charge in [-0.3, -0.25) is 20.2 Å². The van der Waals surface area contributed by atoms with Gasteiger partial charge in [0.25, 0.3) is 0 Å². The first-order chi connectivity index (χ1) is 20.6. The second-order valence-electron chi connectivity index (χ2n) is 11.4. The van der Waals surface area contributed by atoms with Gasteiger partial charge in [-0.1, -0.05) is 23.3 Å². The molecule has 0 fully saturated rings. The summed E-state index contributed by atoms with van der Waals surface area (Å²) < 4.78 is 0. The van der Waals surface area contributed by atoms with Crippen LogP contribution in [0.5, 0.6) is 0 Å². The maximum absolute atomic E-state index is 13.5. The molecule has 0 radical (unpaired) electrons. The third kappa shape index (κ3) is 7.23. The Bertz CT molecular complexity index is 1630. The van der Waals surface area contributed by atoms with E-state index in [1.165, 1.54) is 11.1 Å². The molecule has 10 nitrogen and oxygen atoms in total. The quantitative estimate of drug-likeness (QED) is 0.0867. The number of aryl methyl sites for hydroxylation is 3. The summed E-state index contributed by atoms with van der Waals surface area (Å²) in [4.78, 5) is 27.9. The van der Waals surface area contributed by atoms with Crippen molar-refractivity contribution in [2.45, 2.75) is 66.7 Å². The maximum atomic E-state index is 13.5. The summed E-state index contributed by atoms with van der Waals surface area (Å²) in [5, 5.41) is 23.3. The van der Waals surface area contributed by atoms with Gasteiger partial charge in [0.05, 0.1) is 5.41 Å². The summed E-state index contributed by atoms with van der Waals surface area (Å²) in [6.07, 6.45) is 3.21. The Hall–Kier alpha value is -4.65. The largest absolute Gasteiger partial charge is 0.355 e. The number of likely N-dealkylation sites (N-methyl/N-ethyl adjacent to an activating group) is 1. The standard InChI is InChI=1S/C33H43N9O/c1-8-42(9-2)31(43)33(6,7)25-10-11-28-27(19-25)26(30(39-28)24-17-21(3)16-22(4)18-24)12-14-35-32(37-20-34)36-15-13-29-38-23(5)40-41-29/h10-11,16-19,39H,8-9,12-15H2,1-7H3,(H2,35,36,37)(H,38,40,41). The maximum Gasteiger partial charge on any atom is 0.232 e. The Kier molecular flexibility index (Phi) is 9.86. The number of aliphatic imine (C=N–C) groups is 1. The smallest absolute Gasteiger partial charge is 0.232 e. The summed E-state index contributed by atoms with van der Waals surface area (Å²) in [6, 6.07) is 12.9. The minimum absolute atomic E-state index is 0.119. The number of nitrogens with one attached hydrogen (secondary N) is 4. The van der Waals surface area contributed by atoms with E-state index in [2.05, 4.69) is 86.0 Å². The lowest BCUT2D eigenvalue weighted by molar-refractivity contribution is -0.135. The lowest BCUT2D eigenvalue weighted by atomic mass is 9.82. The van der Waals surface area contributed by atoms with E-state index >= 15 is 0 Å². The molecule has 2 heterocycles. The predicted molar refractivity (Wildman–Crippen MR) is 172 cm³/mol. The summed E-state index contributed by atoms with van der Waals surface area (Å²) in [7, 11) is 0. The van der Waals surface area contributed by atoms with Crippen molar-refractivity contribution >= 4 is 22.8 Å². The molecule has 4 N–H and O–H groups in total. The molecule has 1 amide bonds. The number of aromatic nitrogens is 4. The summed E-state index contributed by atoms with van der Waals surface area (Å²) in [6.45, 7) is 16.4. The van der Waals surface area contributed by atoms with Gasteiger partial charge in [-0.15, -0.1) is 0 Å². The molecule has 0 bridgehead atoms. The highest BCUT2D eigenvalue weighted by atomic mass is 16.2. The molecule has 0 saturated heterocycles.